The van der Waals surface area contributed by atoms with Gasteiger partial charge in [0.15, 0.2) is 0 Å². The number of oxime groups is 1. The maximum Gasteiger partial charge on any atom is 0.330 e. The van der Waals surface area contributed by atoms with E-state index in [1.165, 1.54) is 19.4 Å². The van der Waals surface area contributed by atoms with Crippen molar-refractivity contribution in [3.05, 3.63) is 41.5 Å². The standard InChI is InChI=1S/C11H11NO3/c1-15-11(13)7-6-9-2-4-10(5-3-9)8-12-14/h2-8,14H,1H3. The third kappa shape index (κ3) is 3.64. The van der Waals surface area contributed by atoms with Crippen LogP contribution in [0.3, 0.4) is 0 Å². The zero-order chi connectivity index (χ0) is 11.1. The first-order chi connectivity index (χ1) is 7.26. The largest absolute Gasteiger partial charge is 0.466 e. The van der Waals surface area contributed by atoms with Gasteiger partial charge in [-0.05, 0) is 17.2 Å². The van der Waals surface area contributed by atoms with Crippen molar-refractivity contribution in [2.45, 2.75) is 0 Å². The van der Waals surface area contributed by atoms with Crippen LogP contribution in [0.25, 0.3) is 6.08 Å². The first-order valence-corrected chi connectivity index (χ1v) is 4.30. The predicted octanol–water partition coefficient (Wildman–Crippen LogP) is 1.68. The summed E-state index contributed by atoms with van der Waals surface area (Å²) in [6.07, 6.45) is 4.31. The molecule has 0 fully saturated rings. The summed E-state index contributed by atoms with van der Waals surface area (Å²) in [6, 6.07) is 7.15. The number of hydrogen-bond acceptors (Lipinski definition) is 4. The van der Waals surface area contributed by atoms with Gasteiger partial charge in [0.1, 0.15) is 0 Å². The van der Waals surface area contributed by atoms with Crippen LogP contribution in [0.15, 0.2) is 35.5 Å². The van der Waals surface area contributed by atoms with Crippen molar-refractivity contribution in [2.75, 3.05) is 7.11 Å². The normalized spacial score (nSPS) is 11.0. The summed E-state index contributed by atoms with van der Waals surface area (Å²) in [6.45, 7) is 0. The van der Waals surface area contributed by atoms with Crippen molar-refractivity contribution in [1.29, 1.82) is 0 Å². The van der Waals surface area contributed by atoms with E-state index in [0.717, 1.165) is 11.1 Å². The van der Waals surface area contributed by atoms with Crippen molar-refractivity contribution in [3.63, 3.8) is 0 Å². The van der Waals surface area contributed by atoms with Crippen molar-refractivity contribution < 1.29 is 14.7 Å². The average molecular weight is 205 g/mol. The van der Waals surface area contributed by atoms with Gasteiger partial charge >= 0.3 is 5.97 Å². The van der Waals surface area contributed by atoms with Gasteiger partial charge in [0.25, 0.3) is 0 Å². The number of benzene rings is 1. The van der Waals surface area contributed by atoms with Gasteiger partial charge in [0.2, 0.25) is 0 Å². The topological polar surface area (TPSA) is 58.9 Å². The molecule has 0 aliphatic carbocycles. The van der Waals surface area contributed by atoms with E-state index in [1.807, 2.05) is 0 Å². The minimum absolute atomic E-state index is 0.393. The molecular weight excluding hydrogens is 194 g/mol. The van der Waals surface area contributed by atoms with E-state index in [4.69, 9.17) is 5.21 Å². The molecule has 0 spiro atoms. The summed E-state index contributed by atoms with van der Waals surface area (Å²) in [7, 11) is 1.33. The lowest BCUT2D eigenvalue weighted by atomic mass is 10.1. The van der Waals surface area contributed by atoms with Gasteiger partial charge in [0, 0.05) is 6.08 Å². The minimum Gasteiger partial charge on any atom is -0.466 e. The molecule has 0 amide bonds. The van der Waals surface area contributed by atoms with E-state index < -0.39 is 5.97 Å². The van der Waals surface area contributed by atoms with Crippen LogP contribution in [0, 0.1) is 0 Å². The van der Waals surface area contributed by atoms with Crippen LogP contribution < -0.4 is 0 Å². The van der Waals surface area contributed by atoms with Crippen LogP contribution in [0.2, 0.25) is 0 Å². The Kier molecular flexibility index (Phi) is 4.09. The number of ether oxygens (including phenoxy) is 1. The lowest BCUT2D eigenvalue weighted by molar-refractivity contribution is -0.134. The summed E-state index contributed by atoms with van der Waals surface area (Å²) < 4.78 is 4.45. The van der Waals surface area contributed by atoms with Crippen molar-refractivity contribution in [2.24, 2.45) is 5.16 Å². The van der Waals surface area contributed by atoms with Crippen LogP contribution in [-0.4, -0.2) is 24.5 Å². The molecule has 0 saturated carbocycles. The monoisotopic (exact) mass is 205 g/mol. The van der Waals surface area contributed by atoms with Crippen LogP contribution in [0.5, 0.6) is 0 Å². The lowest BCUT2D eigenvalue weighted by Gasteiger charge is -1.94. The Labute approximate surface area is 87.5 Å². The van der Waals surface area contributed by atoms with Gasteiger partial charge < -0.3 is 9.94 Å². The highest BCUT2D eigenvalue weighted by atomic mass is 16.5. The number of methoxy groups -OCH3 is 1. The second-order valence-electron chi connectivity index (χ2n) is 2.77. The SMILES string of the molecule is COC(=O)C=Cc1ccc(C=NO)cc1. The highest BCUT2D eigenvalue weighted by Crippen LogP contribution is 2.04. The molecule has 0 bridgehead atoms. The molecule has 1 aromatic rings. The average Bonchev–Trinajstić information content (AvgIpc) is 2.28. The maximum atomic E-state index is 10.8. The molecule has 0 atom stereocenters. The summed E-state index contributed by atoms with van der Waals surface area (Å²) in [4.78, 5) is 10.8. The van der Waals surface area contributed by atoms with Crippen LogP contribution >= 0.6 is 0 Å². The molecule has 4 heteroatoms. The third-order valence-corrected chi connectivity index (χ3v) is 1.76. The number of carbonyl (C=O) groups excluding carboxylic acids is 1. The molecule has 1 aromatic carbocycles. The third-order valence-electron chi connectivity index (χ3n) is 1.76. The molecule has 0 saturated heterocycles. The lowest BCUT2D eigenvalue weighted by Crippen LogP contribution is -1.93. The Morgan fingerprint density at radius 2 is 1.93 bits per heavy atom. The van der Waals surface area contributed by atoms with Crippen LogP contribution in [0.4, 0.5) is 0 Å². The molecule has 0 aliphatic heterocycles. The second-order valence-corrected chi connectivity index (χ2v) is 2.77. The molecule has 1 rings (SSSR count). The maximum absolute atomic E-state index is 10.8. The van der Waals surface area contributed by atoms with Gasteiger partial charge in [-0.25, -0.2) is 4.79 Å². The first kappa shape index (κ1) is 11.0. The van der Waals surface area contributed by atoms with E-state index in [9.17, 15) is 4.79 Å². The molecule has 4 nitrogen and oxygen atoms in total. The second kappa shape index (κ2) is 5.59. The number of rotatable bonds is 3. The fraction of sp³-hybridized carbons (Fsp3) is 0.0909. The number of esters is 1. The van der Waals surface area contributed by atoms with Gasteiger partial charge in [-0.2, -0.15) is 0 Å². The quantitative estimate of drug-likeness (QED) is 0.268. The summed E-state index contributed by atoms with van der Waals surface area (Å²) >= 11 is 0. The molecule has 0 heterocycles. The smallest absolute Gasteiger partial charge is 0.330 e. The Balaban J connectivity index is 2.72. The zero-order valence-electron chi connectivity index (χ0n) is 8.25. The van der Waals surface area contributed by atoms with Gasteiger partial charge in [-0.15, -0.1) is 0 Å². The highest BCUT2D eigenvalue weighted by molar-refractivity contribution is 5.87. The predicted molar refractivity (Wildman–Crippen MR) is 56.9 cm³/mol. The first-order valence-electron chi connectivity index (χ1n) is 4.30. The van der Waals surface area contributed by atoms with Crippen LogP contribution in [0.1, 0.15) is 11.1 Å². The number of nitrogens with zero attached hydrogens (tertiary/aromatic N) is 1. The molecule has 1 N–H and O–H groups in total. The number of hydrogen-bond donors (Lipinski definition) is 1. The molecule has 0 aliphatic rings. The van der Waals surface area contributed by atoms with Crippen molar-refractivity contribution in [1.82, 2.24) is 0 Å². The van der Waals surface area contributed by atoms with Gasteiger partial charge in [-0.3, -0.25) is 0 Å². The fourth-order valence-corrected chi connectivity index (χ4v) is 0.992. The van der Waals surface area contributed by atoms with Crippen molar-refractivity contribution in [3.8, 4) is 0 Å². The van der Waals surface area contributed by atoms with Crippen molar-refractivity contribution >= 4 is 18.3 Å². The van der Waals surface area contributed by atoms with E-state index in [-0.39, 0.29) is 0 Å². The Bertz CT molecular complexity index is 379. The van der Waals surface area contributed by atoms with Gasteiger partial charge in [0.05, 0.1) is 13.3 Å². The van der Waals surface area contributed by atoms with E-state index in [0.29, 0.717) is 0 Å². The molecule has 0 radical (unpaired) electrons. The molecule has 15 heavy (non-hydrogen) atoms. The molecular formula is C11H11NO3. The summed E-state index contributed by atoms with van der Waals surface area (Å²) in [5.41, 5.74) is 1.66. The van der Waals surface area contributed by atoms with Crippen LogP contribution in [-0.2, 0) is 9.53 Å². The van der Waals surface area contributed by atoms with E-state index in [2.05, 4.69) is 9.89 Å². The number of carbonyl (C=O) groups is 1. The molecule has 0 unspecified atom stereocenters. The van der Waals surface area contributed by atoms with E-state index in [1.54, 1.807) is 30.3 Å². The summed E-state index contributed by atoms with van der Waals surface area (Å²) in [5.74, 6) is -0.393. The zero-order valence-corrected chi connectivity index (χ0v) is 8.25. The summed E-state index contributed by atoms with van der Waals surface area (Å²) in [5, 5.41) is 11.2. The Morgan fingerprint density at radius 3 is 2.47 bits per heavy atom. The molecule has 78 valence electrons. The Hall–Kier alpha value is -2.10. The van der Waals surface area contributed by atoms with Gasteiger partial charge in [-0.1, -0.05) is 29.4 Å². The minimum atomic E-state index is -0.393. The molecule has 0 aromatic heterocycles. The fourth-order valence-electron chi connectivity index (χ4n) is 0.992. The Morgan fingerprint density at radius 1 is 1.33 bits per heavy atom. The highest BCUT2D eigenvalue weighted by Gasteiger charge is 1.92. The van der Waals surface area contributed by atoms with E-state index >= 15 is 0 Å².